The van der Waals surface area contributed by atoms with Crippen molar-refractivity contribution >= 4 is 39.4 Å². The molecule has 2 heterocycles. The third-order valence-electron chi connectivity index (χ3n) is 5.63. The zero-order chi connectivity index (χ0) is 26.5. The SMILES string of the molecule is CCOc1ccc(-c2csc(NC(=O)COC(=O)c3ccc4nc(-c5ccc(OC)cc5)[nH]c4c3)n2)cc1. The topological polar surface area (TPSA) is 115 Å². The molecule has 0 radical (unpaired) electrons. The van der Waals surface area contributed by atoms with Gasteiger partial charge in [0.1, 0.15) is 17.3 Å². The fourth-order valence-corrected chi connectivity index (χ4v) is 4.48. The standard InChI is InChI=1S/C28H24N4O5S/c1-3-36-21-11-4-17(5-12-21)24-16-38-28(31-24)32-25(33)15-37-27(34)19-8-13-22-23(14-19)30-26(29-22)18-6-9-20(35-2)10-7-18/h4-14,16H,3,15H2,1-2H3,(H,29,30)(H,31,32,33). The number of methoxy groups -OCH3 is 1. The second-order valence-electron chi connectivity index (χ2n) is 8.17. The van der Waals surface area contributed by atoms with Gasteiger partial charge < -0.3 is 19.2 Å². The molecule has 0 saturated heterocycles. The number of hydrogen-bond acceptors (Lipinski definition) is 8. The molecule has 0 aliphatic carbocycles. The molecule has 0 aliphatic rings. The van der Waals surface area contributed by atoms with E-state index in [1.165, 1.54) is 11.3 Å². The van der Waals surface area contributed by atoms with Crippen LogP contribution in [-0.4, -0.2) is 47.2 Å². The van der Waals surface area contributed by atoms with Gasteiger partial charge >= 0.3 is 5.97 Å². The predicted molar refractivity (Wildman–Crippen MR) is 146 cm³/mol. The van der Waals surface area contributed by atoms with Crippen molar-refractivity contribution in [3.05, 3.63) is 77.7 Å². The second-order valence-corrected chi connectivity index (χ2v) is 9.02. The number of nitrogens with one attached hydrogen (secondary N) is 2. The third-order valence-corrected chi connectivity index (χ3v) is 6.38. The first-order valence-electron chi connectivity index (χ1n) is 11.8. The van der Waals surface area contributed by atoms with Crippen molar-refractivity contribution in [3.8, 4) is 34.1 Å². The van der Waals surface area contributed by atoms with E-state index in [0.717, 1.165) is 28.3 Å². The number of carbonyl (C=O) groups is 2. The van der Waals surface area contributed by atoms with E-state index in [2.05, 4.69) is 20.3 Å². The van der Waals surface area contributed by atoms with Crippen molar-refractivity contribution in [2.24, 2.45) is 0 Å². The Bertz CT molecular complexity index is 1580. The normalized spacial score (nSPS) is 10.8. The number of imidazole rings is 1. The highest BCUT2D eigenvalue weighted by Gasteiger charge is 2.14. The number of ether oxygens (including phenoxy) is 3. The smallest absolute Gasteiger partial charge is 0.338 e. The van der Waals surface area contributed by atoms with Gasteiger partial charge in [0.05, 0.1) is 36.0 Å². The van der Waals surface area contributed by atoms with Crippen LogP contribution in [0, 0.1) is 0 Å². The molecule has 3 aromatic carbocycles. The summed E-state index contributed by atoms with van der Waals surface area (Å²) < 4.78 is 15.9. The quantitative estimate of drug-likeness (QED) is 0.241. The summed E-state index contributed by atoms with van der Waals surface area (Å²) >= 11 is 1.29. The van der Waals surface area contributed by atoms with Crippen molar-refractivity contribution in [1.29, 1.82) is 0 Å². The Morgan fingerprint density at radius 1 is 0.947 bits per heavy atom. The van der Waals surface area contributed by atoms with Crippen molar-refractivity contribution < 1.29 is 23.8 Å². The number of fused-ring (bicyclic) bond motifs is 1. The van der Waals surface area contributed by atoms with Crippen LogP contribution < -0.4 is 14.8 Å². The number of aromatic nitrogens is 3. The Morgan fingerprint density at radius 3 is 2.42 bits per heavy atom. The summed E-state index contributed by atoms with van der Waals surface area (Å²) in [6, 6.07) is 20.0. The van der Waals surface area contributed by atoms with Crippen LogP contribution in [0.25, 0.3) is 33.7 Å². The minimum atomic E-state index is -0.614. The molecule has 5 aromatic rings. The minimum absolute atomic E-state index is 0.308. The van der Waals surface area contributed by atoms with Crippen LogP contribution in [0.3, 0.4) is 0 Å². The maximum absolute atomic E-state index is 12.6. The number of nitrogens with zero attached hydrogens (tertiary/aromatic N) is 2. The van der Waals surface area contributed by atoms with Gasteiger partial charge in [-0.25, -0.2) is 14.8 Å². The summed E-state index contributed by atoms with van der Waals surface area (Å²) in [6.07, 6.45) is 0. The lowest BCUT2D eigenvalue weighted by Gasteiger charge is -2.05. The van der Waals surface area contributed by atoms with Crippen LogP contribution in [0.15, 0.2) is 72.1 Å². The molecule has 10 heteroatoms. The first-order chi connectivity index (χ1) is 18.5. The summed E-state index contributed by atoms with van der Waals surface area (Å²) in [4.78, 5) is 37.2. The van der Waals surface area contributed by atoms with E-state index >= 15 is 0 Å². The van der Waals surface area contributed by atoms with Crippen LogP contribution in [0.2, 0.25) is 0 Å². The number of esters is 1. The van der Waals surface area contributed by atoms with Crippen LogP contribution in [0.5, 0.6) is 11.5 Å². The summed E-state index contributed by atoms with van der Waals surface area (Å²) in [6.45, 7) is 2.09. The lowest BCUT2D eigenvalue weighted by Crippen LogP contribution is -2.20. The van der Waals surface area contributed by atoms with Gasteiger partial charge in [0.25, 0.3) is 5.91 Å². The first kappa shape index (κ1) is 25.0. The number of thiazole rings is 1. The van der Waals surface area contributed by atoms with E-state index in [9.17, 15) is 9.59 Å². The van der Waals surface area contributed by atoms with E-state index in [1.54, 1.807) is 25.3 Å². The van der Waals surface area contributed by atoms with Gasteiger partial charge in [-0.15, -0.1) is 11.3 Å². The molecule has 2 N–H and O–H groups in total. The van der Waals surface area contributed by atoms with Crippen LogP contribution in [-0.2, 0) is 9.53 Å². The molecule has 5 rings (SSSR count). The lowest BCUT2D eigenvalue weighted by molar-refractivity contribution is -0.119. The monoisotopic (exact) mass is 528 g/mol. The largest absolute Gasteiger partial charge is 0.497 e. The molecule has 192 valence electrons. The van der Waals surface area contributed by atoms with E-state index in [4.69, 9.17) is 14.2 Å². The summed E-state index contributed by atoms with van der Waals surface area (Å²) in [7, 11) is 1.61. The van der Waals surface area contributed by atoms with Gasteiger partial charge in [0.15, 0.2) is 11.7 Å². The van der Waals surface area contributed by atoms with Gasteiger partial charge in [-0.1, -0.05) is 0 Å². The zero-order valence-electron chi connectivity index (χ0n) is 20.7. The molecule has 2 aromatic heterocycles. The molecule has 0 spiro atoms. The fraction of sp³-hybridized carbons (Fsp3) is 0.143. The molecule has 9 nitrogen and oxygen atoms in total. The number of H-pyrrole nitrogens is 1. The fourth-order valence-electron chi connectivity index (χ4n) is 3.74. The minimum Gasteiger partial charge on any atom is -0.497 e. The zero-order valence-corrected chi connectivity index (χ0v) is 21.5. The number of amides is 1. The highest BCUT2D eigenvalue weighted by molar-refractivity contribution is 7.14. The number of hydrogen-bond donors (Lipinski definition) is 2. The third kappa shape index (κ3) is 5.65. The Balaban J connectivity index is 1.18. The number of benzene rings is 3. The van der Waals surface area contributed by atoms with Crippen LogP contribution >= 0.6 is 11.3 Å². The molecule has 0 aliphatic heterocycles. The number of rotatable bonds is 9. The Morgan fingerprint density at radius 2 is 1.68 bits per heavy atom. The molecule has 0 fully saturated rings. The average molecular weight is 529 g/mol. The average Bonchev–Trinajstić information content (AvgIpc) is 3.59. The molecule has 0 saturated carbocycles. The summed E-state index contributed by atoms with van der Waals surface area (Å²) in [5.74, 6) is 1.11. The number of aromatic amines is 1. The van der Waals surface area contributed by atoms with Gasteiger partial charge in [-0.3, -0.25) is 10.1 Å². The Labute approximate surface area is 222 Å². The van der Waals surface area contributed by atoms with Crippen molar-refractivity contribution in [2.45, 2.75) is 6.92 Å². The second kappa shape index (κ2) is 11.1. The van der Waals surface area contributed by atoms with Crippen LogP contribution in [0.1, 0.15) is 17.3 Å². The summed E-state index contributed by atoms with van der Waals surface area (Å²) in [5.41, 5.74) is 4.21. The Kier molecular flexibility index (Phi) is 7.32. The highest BCUT2D eigenvalue weighted by atomic mass is 32.1. The molecule has 1 amide bonds. The van der Waals surface area contributed by atoms with Crippen LogP contribution in [0.4, 0.5) is 5.13 Å². The highest BCUT2D eigenvalue weighted by Crippen LogP contribution is 2.27. The van der Waals surface area contributed by atoms with E-state index < -0.39 is 18.5 Å². The van der Waals surface area contributed by atoms with Gasteiger partial charge in [0.2, 0.25) is 0 Å². The molecule has 0 unspecified atom stereocenters. The van der Waals surface area contributed by atoms with Gasteiger partial charge in [0, 0.05) is 16.5 Å². The molecule has 0 bridgehead atoms. The summed E-state index contributed by atoms with van der Waals surface area (Å²) in [5, 5.41) is 4.93. The van der Waals surface area contributed by atoms with E-state index in [-0.39, 0.29) is 0 Å². The molecular formula is C28H24N4O5S. The van der Waals surface area contributed by atoms with Crippen molar-refractivity contribution in [1.82, 2.24) is 15.0 Å². The molecular weight excluding hydrogens is 504 g/mol. The lowest BCUT2D eigenvalue weighted by atomic mass is 10.2. The van der Waals surface area contributed by atoms with E-state index in [1.807, 2.05) is 60.8 Å². The van der Waals surface area contributed by atoms with Gasteiger partial charge in [-0.05, 0) is 73.7 Å². The maximum atomic E-state index is 12.6. The first-order valence-corrected chi connectivity index (χ1v) is 12.7. The maximum Gasteiger partial charge on any atom is 0.338 e. The van der Waals surface area contributed by atoms with Crippen molar-refractivity contribution in [3.63, 3.8) is 0 Å². The Hall–Kier alpha value is -4.70. The predicted octanol–water partition coefficient (Wildman–Crippen LogP) is 5.56. The number of carbonyl (C=O) groups excluding carboxylic acids is 2. The van der Waals surface area contributed by atoms with Gasteiger partial charge in [-0.2, -0.15) is 0 Å². The van der Waals surface area contributed by atoms with E-state index in [0.29, 0.717) is 34.2 Å². The molecule has 38 heavy (non-hydrogen) atoms. The van der Waals surface area contributed by atoms with Crippen molar-refractivity contribution in [2.75, 3.05) is 25.6 Å². The number of anilines is 1. The molecule has 0 atom stereocenters.